The van der Waals surface area contributed by atoms with E-state index >= 15 is 0 Å². The first kappa shape index (κ1) is 15.4. The Kier molecular flexibility index (Phi) is 4.85. The Morgan fingerprint density at radius 1 is 1.24 bits per heavy atom. The van der Waals surface area contributed by atoms with Gasteiger partial charge in [0.15, 0.2) is 0 Å². The second kappa shape index (κ2) is 6.63. The first-order valence-electron chi connectivity index (χ1n) is 6.51. The molecule has 0 unspecified atom stereocenters. The number of carbonyl (C=O) groups excluding carboxylic acids is 1. The van der Waals surface area contributed by atoms with Crippen LogP contribution in [0.4, 0.5) is 5.69 Å². The maximum atomic E-state index is 12.2. The Morgan fingerprint density at radius 2 is 1.90 bits per heavy atom. The van der Waals surface area contributed by atoms with Crippen LogP contribution in [0.2, 0.25) is 0 Å². The third kappa shape index (κ3) is 3.76. The molecule has 0 saturated carbocycles. The van der Waals surface area contributed by atoms with Gasteiger partial charge in [-0.3, -0.25) is 4.79 Å². The van der Waals surface area contributed by atoms with E-state index in [4.69, 9.17) is 10.5 Å². The zero-order valence-electron chi connectivity index (χ0n) is 11.9. The summed E-state index contributed by atoms with van der Waals surface area (Å²) in [6.45, 7) is 1.94. The zero-order valence-corrected chi connectivity index (χ0v) is 13.5. The molecule has 110 valence electrons. The van der Waals surface area contributed by atoms with Crippen LogP contribution in [-0.2, 0) is 0 Å². The number of carbonyl (C=O) groups is 1. The molecule has 1 atom stereocenters. The summed E-state index contributed by atoms with van der Waals surface area (Å²) in [4.78, 5) is 12.2. The van der Waals surface area contributed by atoms with Gasteiger partial charge in [0.25, 0.3) is 5.91 Å². The fraction of sp³-hybridized carbons (Fsp3) is 0.188. The minimum absolute atomic E-state index is 0.0890. The van der Waals surface area contributed by atoms with Gasteiger partial charge in [0.2, 0.25) is 0 Å². The van der Waals surface area contributed by atoms with E-state index in [1.165, 1.54) is 0 Å². The summed E-state index contributed by atoms with van der Waals surface area (Å²) in [6, 6.07) is 12.7. The maximum Gasteiger partial charge on any atom is 0.251 e. The van der Waals surface area contributed by atoms with Gasteiger partial charge in [-0.15, -0.1) is 0 Å². The van der Waals surface area contributed by atoms with E-state index in [-0.39, 0.29) is 11.9 Å². The molecule has 0 saturated heterocycles. The minimum Gasteiger partial charge on any atom is -0.495 e. The summed E-state index contributed by atoms with van der Waals surface area (Å²) < 4.78 is 6.09. The highest BCUT2D eigenvalue weighted by atomic mass is 79.9. The van der Waals surface area contributed by atoms with Gasteiger partial charge in [0.05, 0.1) is 18.8 Å². The molecule has 4 nitrogen and oxygen atoms in total. The Hall–Kier alpha value is -2.01. The van der Waals surface area contributed by atoms with Crippen LogP contribution in [0.25, 0.3) is 0 Å². The van der Waals surface area contributed by atoms with Gasteiger partial charge in [-0.1, -0.05) is 28.1 Å². The van der Waals surface area contributed by atoms with Crippen molar-refractivity contribution in [1.29, 1.82) is 0 Å². The van der Waals surface area contributed by atoms with Crippen LogP contribution in [-0.4, -0.2) is 13.0 Å². The van der Waals surface area contributed by atoms with E-state index in [1.54, 1.807) is 25.3 Å². The summed E-state index contributed by atoms with van der Waals surface area (Å²) in [5, 5.41) is 2.95. The Bertz CT molecular complexity index is 641. The van der Waals surface area contributed by atoms with Gasteiger partial charge in [-0.25, -0.2) is 0 Å². The molecule has 21 heavy (non-hydrogen) atoms. The molecule has 3 N–H and O–H groups in total. The van der Waals surface area contributed by atoms with Crippen LogP contribution < -0.4 is 15.8 Å². The first-order chi connectivity index (χ1) is 10.0. The number of benzene rings is 2. The molecule has 0 aliphatic rings. The Balaban J connectivity index is 2.10. The van der Waals surface area contributed by atoms with Crippen LogP contribution >= 0.6 is 15.9 Å². The second-order valence-corrected chi connectivity index (χ2v) is 5.62. The van der Waals surface area contributed by atoms with Crippen molar-refractivity contribution in [2.45, 2.75) is 13.0 Å². The third-order valence-electron chi connectivity index (χ3n) is 3.21. The minimum atomic E-state index is -0.167. The van der Waals surface area contributed by atoms with E-state index < -0.39 is 0 Å². The van der Waals surface area contributed by atoms with E-state index in [9.17, 15) is 4.79 Å². The maximum absolute atomic E-state index is 12.2. The Morgan fingerprint density at radius 3 is 2.48 bits per heavy atom. The monoisotopic (exact) mass is 348 g/mol. The quantitative estimate of drug-likeness (QED) is 0.830. The highest BCUT2D eigenvalue weighted by Crippen LogP contribution is 2.22. The van der Waals surface area contributed by atoms with Crippen molar-refractivity contribution in [3.63, 3.8) is 0 Å². The molecule has 0 spiro atoms. The number of nitrogen functional groups attached to an aromatic ring is 1. The summed E-state index contributed by atoms with van der Waals surface area (Å²) in [7, 11) is 1.54. The standard InChI is InChI=1S/C16H17BrN2O2/c1-10(11-3-6-13(17)7-4-11)19-16(20)12-5-8-15(21-2)14(18)9-12/h3-10H,18H2,1-2H3,(H,19,20)/t10-/m1/s1. The average molecular weight is 349 g/mol. The molecule has 0 heterocycles. The lowest BCUT2D eigenvalue weighted by atomic mass is 10.1. The number of anilines is 1. The molecular weight excluding hydrogens is 332 g/mol. The van der Waals surface area contributed by atoms with Crippen molar-refractivity contribution in [2.75, 3.05) is 12.8 Å². The SMILES string of the molecule is COc1ccc(C(=O)N[C@H](C)c2ccc(Br)cc2)cc1N. The predicted octanol–water partition coefficient (Wildman–Crippen LogP) is 3.53. The molecule has 2 rings (SSSR count). The van der Waals surface area contributed by atoms with Crippen molar-refractivity contribution >= 4 is 27.5 Å². The molecule has 2 aromatic rings. The summed E-state index contributed by atoms with van der Waals surface area (Å²) in [5.74, 6) is 0.396. The fourth-order valence-electron chi connectivity index (χ4n) is 1.99. The number of hydrogen-bond donors (Lipinski definition) is 2. The predicted molar refractivity (Wildman–Crippen MR) is 87.4 cm³/mol. The third-order valence-corrected chi connectivity index (χ3v) is 3.74. The number of nitrogens with two attached hydrogens (primary N) is 1. The van der Waals surface area contributed by atoms with Crippen molar-refractivity contribution in [2.24, 2.45) is 0 Å². The first-order valence-corrected chi connectivity index (χ1v) is 7.30. The molecule has 5 heteroatoms. The lowest BCUT2D eigenvalue weighted by molar-refractivity contribution is 0.0940. The molecule has 0 radical (unpaired) electrons. The van der Waals surface area contributed by atoms with Crippen LogP contribution in [0.3, 0.4) is 0 Å². The van der Waals surface area contributed by atoms with E-state index in [2.05, 4.69) is 21.2 Å². The van der Waals surface area contributed by atoms with Gasteiger partial charge >= 0.3 is 0 Å². The highest BCUT2D eigenvalue weighted by Gasteiger charge is 2.12. The lowest BCUT2D eigenvalue weighted by Gasteiger charge is -2.15. The van der Waals surface area contributed by atoms with Crippen molar-refractivity contribution in [1.82, 2.24) is 5.32 Å². The van der Waals surface area contributed by atoms with Crippen LogP contribution in [0, 0.1) is 0 Å². The van der Waals surface area contributed by atoms with Crippen LogP contribution in [0.5, 0.6) is 5.75 Å². The topological polar surface area (TPSA) is 64.3 Å². The van der Waals surface area contributed by atoms with Gasteiger partial charge in [-0.2, -0.15) is 0 Å². The number of amides is 1. The lowest BCUT2D eigenvalue weighted by Crippen LogP contribution is -2.26. The average Bonchev–Trinajstić information content (AvgIpc) is 2.47. The number of nitrogens with one attached hydrogen (secondary N) is 1. The van der Waals surface area contributed by atoms with Gasteiger partial charge in [0, 0.05) is 10.0 Å². The molecule has 0 aliphatic carbocycles. The van der Waals surface area contributed by atoms with Gasteiger partial charge in [-0.05, 0) is 42.8 Å². The molecular formula is C16H17BrN2O2. The number of hydrogen-bond acceptors (Lipinski definition) is 3. The van der Waals surface area contributed by atoms with Crippen molar-refractivity contribution in [3.8, 4) is 5.75 Å². The molecule has 0 fully saturated rings. The molecule has 0 aromatic heterocycles. The molecule has 0 bridgehead atoms. The van der Waals surface area contributed by atoms with E-state index in [1.807, 2.05) is 31.2 Å². The fourth-order valence-corrected chi connectivity index (χ4v) is 2.25. The number of halogens is 1. The normalized spacial score (nSPS) is 11.8. The Labute approximate surface area is 132 Å². The van der Waals surface area contributed by atoms with Gasteiger partial charge < -0.3 is 15.8 Å². The smallest absolute Gasteiger partial charge is 0.251 e. The van der Waals surface area contributed by atoms with E-state index in [0.29, 0.717) is 17.0 Å². The number of methoxy groups -OCH3 is 1. The van der Waals surface area contributed by atoms with E-state index in [0.717, 1.165) is 10.0 Å². The van der Waals surface area contributed by atoms with Gasteiger partial charge in [0.1, 0.15) is 5.75 Å². The summed E-state index contributed by atoms with van der Waals surface area (Å²) in [5.41, 5.74) is 7.81. The highest BCUT2D eigenvalue weighted by molar-refractivity contribution is 9.10. The van der Waals surface area contributed by atoms with Crippen molar-refractivity contribution in [3.05, 3.63) is 58.1 Å². The summed E-state index contributed by atoms with van der Waals surface area (Å²) in [6.07, 6.45) is 0. The molecule has 2 aromatic carbocycles. The molecule has 1 amide bonds. The van der Waals surface area contributed by atoms with Crippen LogP contribution in [0.1, 0.15) is 28.9 Å². The molecule has 0 aliphatic heterocycles. The summed E-state index contributed by atoms with van der Waals surface area (Å²) >= 11 is 3.39. The number of rotatable bonds is 4. The zero-order chi connectivity index (χ0) is 15.4. The second-order valence-electron chi connectivity index (χ2n) is 4.70. The largest absolute Gasteiger partial charge is 0.495 e. The van der Waals surface area contributed by atoms with Crippen LogP contribution in [0.15, 0.2) is 46.9 Å². The van der Waals surface area contributed by atoms with Crippen molar-refractivity contribution < 1.29 is 9.53 Å². The number of ether oxygens (including phenoxy) is 1.